The topological polar surface area (TPSA) is 6.25 Å². The Morgan fingerprint density at radius 2 is 1.47 bits per heavy atom. The monoisotopic (exact) mass is 457 g/mol. The molecule has 30 heavy (non-hydrogen) atoms. The van der Waals surface area contributed by atoms with Crippen molar-refractivity contribution in [2.24, 2.45) is 0 Å². The first kappa shape index (κ1) is 19.1. The molecule has 3 heteroatoms. The van der Waals surface area contributed by atoms with E-state index in [1.165, 1.54) is 52.2 Å². The first-order valence-electron chi connectivity index (χ1n) is 10.2. The fourth-order valence-corrected chi connectivity index (χ4v) is 6.50. The van der Waals surface area contributed by atoms with Gasteiger partial charge >= 0.3 is 183 Å². The van der Waals surface area contributed by atoms with Crippen LogP contribution in [-0.4, -0.2) is 42.7 Å². The molecule has 0 saturated carbocycles. The number of fused-ring (bicyclic) bond motifs is 3. The normalized spacial score (nSPS) is 11.3. The van der Waals surface area contributed by atoms with E-state index in [9.17, 15) is 0 Å². The third-order valence-corrected chi connectivity index (χ3v) is 8.08. The quantitative estimate of drug-likeness (QED) is 0.207. The molecular weight excluding hydrogens is 431 g/mol. The molecule has 0 aliphatic heterocycles. The van der Waals surface area contributed by atoms with Gasteiger partial charge in [0.1, 0.15) is 0 Å². The molecule has 0 radical (unpaired) electrons. The fourth-order valence-electron chi connectivity index (χ4n) is 4.08. The molecule has 0 fully saturated rings. The van der Waals surface area contributed by atoms with E-state index in [1.54, 1.807) is 0 Å². The van der Waals surface area contributed by atoms with Crippen molar-refractivity contribution in [3.8, 4) is 11.1 Å². The van der Waals surface area contributed by atoms with Crippen LogP contribution in [0.4, 0.5) is 5.69 Å². The van der Waals surface area contributed by atoms with Gasteiger partial charge in [-0.15, -0.1) is 0 Å². The van der Waals surface area contributed by atoms with Gasteiger partial charge in [0.25, 0.3) is 0 Å². The van der Waals surface area contributed by atoms with Crippen LogP contribution < -0.4 is 14.8 Å². The van der Waals surface area contributed by atoms with Gasteiger partial charge in [-0.25, -0.2) is 0 Å². The maximum absolute atomic E-state index is 2.42. The zero-order valence-electron chi connectivity index (χ0n) is 17.8. The van der Waals surface area contributed by atoms with Gasteiger partial charge in [-0.1, -0.05) is 0 Å². The van der Waals surface area contributed by atoms with Crippen molar-refractivity contribution in [2.45, 2.75) is 0 Å². The van der Waals surface area contributed by atoms with Crippen molar-refractivity contribution < 1.29 is 0 Å². The summed E-state index contributed by atoms with van der Waals surface area (Å²) in [6.07, 6.45) is 0. The molecule has 0 bridgehead atoms. The van der Waals surface area contributed by atoms with Crippen molar-refractivity contribution in [3.05, 3.63) is 84.2 Å². The van der Waals surface area contributed by atoms with Crippen LogP contribution in [0.1, 0.15) is 0 Å². The second-order valence-corrected chi connectivity index (χ2v) is 10.5. The second kappa shape index (κ2) is 7.43. The summed E-state index contributed by atoms with van der Waals surface area (Å²) in [6.45, 7) is 0. The predicted molar refractivity (Wildman–Crippen MR) is 133 cm³/mol. The molecule has 148 valence electrons. The summed E-state index contributed by atoms with van der Waals surface area (Å²) < 4.78 is 5.10. The van der Waals surface area contributed by atoms with Crippen LogP contribution in [0, 0.1) is 0 Å². The van der Waals surface area contributed by atoms with Crippen molar-refractivity contribution >= 4 is 50.3 Å². The van der Waals surface area contributed by atoms with E-state index in [0.29, 0.717) is 0 Å². The van der Waals surface area contributed by atoms with Gasteiger partial charge in [0.2, 0.25) is 0 Å². The van der Waals surface area contributed by atoms with E-state index < -0.39 is 0 Å². The number of anilines is 1. The third-order valence-electron chi connectivity index (χ3n) is 5.74. The predicted octanol–water partition coefficient (Wildman–Crippen LogP) is 4.97. The summed E-state index contributed by atoms with van der Waals surface area (Å²) >= 11 is 0.275. The molecule has 5 aromatic rings. The molecule has 4 aromatic carbocycles. The Balaban J connectivity index is 1.94. The molecular formula is C27H25N2Se+. The van der Waals surface area contributed by atoms with Crippen LogP contribution in [0.25, 0.3) is 41.2 Å². The maximum atomic E-state index is 2.42. The minimum atomic E-state index is 0.275. The molecule has 0 saturated heterocycles. The molecule has 0 aliphatic rings. The number of rotatable bonds is 2. The number of hydrogen-bond acceptors (Lipinski definition) is 1. The molecule has 0 N–H and O–H groups in total. The van der Waals surface area contributed by atoms with Crippen LogP contribution >= 0.6 is 0 Å². The summed E-state index contributed by atoms with van der Waals surface area (Å²) in [6, 6.07) is 29.4. The van der Waals surface area contributed by atoms with Gasteiger partial charge in [0.15, 0.2) is 0 Å². The van der Waals surface area contributed by atoms with E-state index in [-0.39, 0.29) is 14.5 Å². The van der Waals surface area contributed by atoms with Crippen molar-refractivity contribution in [3.63, 3.8) is 0 Å². The van der Waals surface area contributed by atoms with Crippen molar-refractivity contribution in [1.29, 1.82) is 0 Å². The van der Waals surface area contributed by atoms with E-state index in [0.717, 1.165) is 0 Å². The van der Waals surface area contributed by atoms with Gasteiger partial charge in [-0.3, -0.25) is 0 Å². The zero-order chi connectivity index (χ0) is 20.8. The fraction of sp³-hybridized carbons (Fsp3) is 0.148. The van der Waals surface area contributed by atoms with E-state index in [4.69, 9.17) is 0 Å². The van der Waals surface area contributed by atoms with Crippen LogP contribution in [0.15, 0.2) is 78.9 Å². The van der Waals surface area contributed by atoms with Crippen LogP contribution in [-0.2, 0) is 0 Å². The molecule has 0 amide bonds. The molecule has 1 aromatic heterocycles. The van der Waals surface area contributed by atoms with E-state index in [1.807, 2.05) is 0 Å². The molecule has 5 rings (SSSR count). The molecule has 1 heterocycles. The van der Waals surface area contributed by atoms with Crippen LogP contribution in [0.2, 0.25) is 0 Å². The van der Waals surface area contributed by atoms with Gasteiger partial charge in [0, 0.05) is 0 Å². The summed E-state index contributed by atoms with van der Waals surface area (Å²) in [7, 11) is 8.43. The number of hydrogen-bond donors (Lipinski definition) is 0. The van der Waals surface area contributed by atoms with Crippen LogP contribution in [0.3, 0.4) is 0 Å². The van der Waals surface area contributed by atoms with E-state index >= 15 is 0 Å². The third kappa shape index (κ3) is 3.25. The van der Waals surface area contributed by atoms with Gasteiger partial charge in [-0.05, 0) is 0 Å². The second-order valence-electron chi connectivity index (χ2n) is 8.19. The average molecular weight is 456 g/mol. The average Bonchev–Trinajstić information content (AvgIpc) is 2.75. The summed E-state index contributed by atoms with van der Waals surface area (Å²) in [5, 5.41) is 6.63. The van der Waals surface area contributed by atoms with Gasteiger partial charge in [0.05, 0.1) is 0 Å². The Labute approximate surface area is 183 Å². The molecule has 2 nitrogen and oxygen atoms in total. The minimum absolute atomic E-state index is 0.275. The van der Waals surface area contributed by atoms with Crippen molar-refractivity contribution in [2.75, 3.05) is 33.1 Å². The van der Waals surface area contributed by atoms with Gasteiger partial charge in [-0.2, -0.15) is 0 Å². The van der Waals surface area contributed by atoms with E-state index in [2.05, 4.69) is 117 Å². The van der Waals surface area contributed by atoms with Crippen molar-refractivity contribution in [1.82, 2.24) is 4.58 Å². The molecule has 0 unspecified atom stereocenters. The molecule has 0 spiro atoms. The first-order valence-corrected chi connectivity index (χ1v) is 11.9. The summed E-state index contributed by atoms with van der Waals surface area (Å²) in [5.74, 6) is 0. The Morgan fingerprint density at radius 1 is 0.700 bits per heavy atom. The first-order chi connectivity index (χ1) is 14.5. The summed E-state index contributed by atoms with van der Waals surface area (Å²) in [4.78, 5) is 2.19. The Bertz CT molecular complexity index is 1470. The summed E-state index contributed by atoms with van der Waals surface area (Å²) in [5.41, 5.74) is 3.91. The molecule has 0 atom stereocenters. The molecule has 0 aliphatic carbocycles. The Hall–Kier alpha value is -2.87. The number of benzene rings is 4. The van der Waals surface area contributed by atoms with Crippen LogP contribution in [0.5, 0.6) is 0 Å². The Morgan fingerprint density at radius 3 is 2.20 bits per heavy atom. The Kier molecular flexibility index (Phi) is 4.73. The number of nitrogens with zero attached hydrogens (tertiary/aromatic N) is 2. The SMILES string of the molecule is CN(C)c1ccc2c(-c3ccccc3)c3cc4ccc(=[N+](C)C)cc4cc3[se]c2c1. The van der Waals surface area contributed by atoms with Gasteiger partial charge < -0.3 is 0 Å². The standard InChI is InChI=1S/C27H25N2Se/c1-28(2)21-11-10-19-15-24-25(16-20(19)14-21)30-26-17-22(29(3)4)12-13-23(26)27(24)18-8-6-5-7-9-18/h5-17H,1-4H3/q+1. The zero-order valence-corrected chi connectivity index (χ0v) is 19.5.